The molecule has 0 aromatic rings. The fourth-order valence-electron chi connectivity index (χ4n) is 1.48. The molecular formula is C9H17N5O. The lowest BCUT2D eigenvalue weighted by Crippen LogP contribution is -2.36. The average Bonchev–Trinajstić information content (AvgIpc) is 2.31. The Hall–Kier alpha value is -1.59. The van der Waals surface area contributed by atoms with Gasteiger partial charge in [0.15, 0.2) is 5.96 Å². The molecule has 1 heterocycles. The third-order valence-electron chi connectivity index (χ3n) is 2.20. The van der Waals surface area contributed by atoms with Crippen LogP contribution in [0.2, 0.25) is 0 Å². The summed E-state index contributed by atoms with van der Waals surface area (Å²) in [5.74, 6) is 0.464. The Balaban J connectivity index is 2.78. The van der Waals surface area contributed by atoms with Crippen molar-refractivity contribution in [1.82, 2.24) is 4.90 Å². The molecule has 1 unspecified atom stereocenters. The van der Waals surface area contributed by atoms with Crippen molar-refractivity contribution in [2.75, 3.05) is 7.05 Å². The third-order valence-corrected chi connectivity index (χ3v) is 2.20. The maximum absolute atomic E-state index is 11.5. The highest BCUT2D eigenvalue weighted by Gasteiger charge is 2.32. The number of nitrogens with zero attached hydrogens (tertiary/aromatic N) is 3. The predicted octanol–water partition coefficient (Wildman–Crippen LogP) is -0.497. The van der Waals surface area contributed by atoms with Gasteiger partial charge < -0.3 is 16.4 Å². The summed E-state index contributed by atoms with van der Waals surface area (Å²) in [5.41, 5.74) is 10.5. The lowest BCUT2D eigenvalue weighted by molar-refractivity contribution is -0.120. The second-order valence-corrected chi connectivity index (χ2v) is 4.04. The Morgan fingerprint density at radius 1 is 1.60 bits per heavy atom. The standard InChI is InChI=1S/C9H17N5O/c1-5(2)4-6-7(15)12-9(14(6)3)13-8(10)11/h5-6H,4H2,1-3H3,(H4,10,11,12,13,15). The number of guanidine groups is 2. The molecule has 0 fully saturated rings. The number of aliphatic imine (C=N–C) groups is 2. The van der Waals surface area contributed by atoms with E-state index in [9.17, 15) is 4.79 Å². The second kappa shape index (κ2) is 4.29. The van der Waals surface area contributed by atoms with Crippen molar-refractivity contribution in [2.45, 2.75) is 26.3 Å². The summed E-state index contributed by atoms with van der Waals surface area (Å²) < 4.78 is 0. The summed E-state index contributed by atoms with van der Waals surface area (Å²) in [6.45, 7) is 4.11. The Labute approximate surface area is 89.0 Å². The fourth-order valence-corrected chi connectivity index (χ4v) is 1.48. The summed E-state index contributed by atoms with van der Waals surface area (Å²) in [6.07, 6.45) is 0.752. The van der Waals surface area contributed by atoms with E-state index in [0.29, 0.717) is 11.9 Å². The van der Waals surface area contributed by atoms with Gasteiger partial charge in [-0.15, -0.1) is 0 Å². The van der Waals surface area contributed by atoms with Crippen molar-refractivity contribution in [3.63, 3.8) is 0 Å². The SMILES string of the molecule is CC(C)CC1C(=O)N=C(N=C(N)N)N1C. The number of hydrogen-bond donors (Lipinski definition) is 2. The Morgan fingerprint density at radius 2 is 2.20 bits per heavy atom. The summed E-state index contributed by atoms with van der Waals surface area (Å²) >= 11 is 0. The van der Waals surface area contributed by atoms with Crippen molar-refractivity contribution >= 4 is 17.8 Å². The maximum Gasteiger partial charge on any atom is 0.271 e. The van der Waals surface area contributed by atoms with Crippen molar-refractivity contribution < 1.29 is 4.79 Å². The second-order valence-electron chi connectivity index (χ2n) is 4.04. The van der Waals surface area contributed by atoms with E-state index in [1.165, 1.54) is 0 Å². The van der Waals surface area contributed by atoms with Gasteiger partial charge in [-0.3, -0.25) is 4.79 Å². The van der Waals surface area contributed by atoms with Crippen molar-refractivity contribution in [3.8, 4) is 0 Å². The number of amides is 1. The Bertz CT molecular complexity index is 316. The summed E-state index contributed by atoms with van der Waals surface area (Å²) in [7, 11) is 1.77. The fraction of sp³-hybridized carbons (Fsp3) is 0.667. The molecule has 6 heteroatoms. The molecule has 1 aliphatic heterocycles. The van der Waals surface area contributed by atoms with Crippen LogP contribution in [0.15, 0.2) is 9.98 Å². The molecule has 0 aliphatic carbocycles. The third kappa shape index (κ3) is 2.68. The minimum Gasteiger partial charge on any atom is -0.370 e. The van der Waals surface area contributed by atoms with Crippen molar-refractivity contribution in [2.24, 2.45) is 27.4 Å². The predicted molar refractivity (Wildman–Crippen MR) is 59.3 cm³/mol. The number of hydrogen-bond acceptors (Lipinski definition) is 3. The van der Waals surface area contributed by atoms with E-state index < -0.39 is 0 Å². The molecule has 4 N–H and O–H groups in total. The summed E-state index contributed by atoms with van der Waals surface area (Å²) in [5, 5.41) is 0. The summed E-state index contributed by atoms with van der Waals surface area (Å²) in [6, 6.07) is -0.233. The van der Waals surface area contributed by atoms with E-state index in [2.05, 4.69) is 23.8 Å². The molecule has 84 valence electrons. The van der Waals surface area contributed by atoms with E-state index in [1.54, 1.807) is 11.9 Å². The molecule has 1 atom stereocenters. The highest BCUT2D eigenvalue weighted by molar-refractivity contribution is 6.06. The molecule has 1 aliphatic rings. The zero-order valence-corrected chi connectivity index (χ0v) is 9.27. The lowest BCUT2D eigenvalue weighted by Gasteiger charge is -2.21. The monoisotopic (exact) mass is 211 g/mol. The van der Waals surface area contributed by atoms with Crippen LogP contribution in [0.25, 0.3) is 0 Å². The molecule has 0 spiro atoms. The van der Waals surface area contributed by atoms with Crippen molar-refractivity contribution in [3.05, 3.63) is 0 Å². The molecule has 0 aromatic carbocycles. The van der Waals surface area contributed by atoms with Crippen LogP contribution in [-0.4, -0.2) is 35.8 Å². The first kappa shape index (κ1) is 11.5. The van der Waals surface area contributed by atoms with Crippen molar-refractivity contribution in [1.29, 1.82) is 0 Å². The number of nitrogens with two attached hydrogens (primary N) is 2. The van der Waals surface area contributed by atoms with Crippen LogP contribution in [0.4, 0.5) is 0 Å². The lowest BCUT2D eigenvalue weighted by atomic mass is 10.0. The molecule has 0 saturated carbocycles. The van der Waals surface area contributed by atoms with Gasteiger partial charge in [-0.2, -0.15) is 9.98 Å². The first-order valence-electron chi connectivity index (χ1n) is 4.86. The highest BCUT2D eigenvalue weighted by Crippen LogP contribution is 2.17. The van der Waals surface area contributed by atoms with Gasteiger partial charge in [-0.05, 0) is 12.3 Å². The van der Waals surface area contributed by atoms with Gasteiger partial charge in [0, 0.05) is 7.05 Å². The van der Waals surface area contributed by atoms with Crippen LogP contribution in [0.3, 0.4) is 0 Å². The molecule has 15 heavy (non-hydrogen) atoms. The zero-order valence-electron chi connectivity index (χ0n) is 9.27. The van der Waals surface area contributed by atoms with Gasteiger partial charge in [0.1, 0.15) is 6.04 Å². The van der Waals surface area contributed by atoms with Gasteiger partial charge in [-0.1, -0.05) is 13.8 Å². The van der Waals surface area contributed by atoms with Crippen LogP contribution in [-0.2, 0) is 4.79 Å². The van der Waals surface area contributed by atoms with Crippen LogP contribution in [0.1, 0.15) is 20.3 Å². The topological polar surface area (TPSA) is 97.1 Å². The van der Waals surface area contributed by atoms with Gasteiger partial charge in [0.05, 0.1) is 0 Å². The van der Waals surface area contributed by atoms with E-state index in [4.69, 9.17) is 11.5 Å². The first-order chi connectivity index (χ1) is 6.91. The van der Waals surface area contributed by atoms with Gasteiger partial charge in [0.2, 0.25) is 5.96 Å². The smallest absolute Gasteiger partial charge is 0.271 e. The normalized spacial score (nSPS) is 20.8. The Morgan fingerprint density at radius 3 is 2.67 bits per heavy atom. The molecule has 6 nitrogen and oxygen atoms in total. The maximum atomic E-state index is 11.5. The molecular weight excluding hydrogens is 194 g/mol. The first-order valence-corrected chi connectivity index (χ1v) is 4.86. The number of carbonyl (C=O) groups excluding carboxylic acids is 1. The number of rotatable bonds is 2. The Kier molecular flexibility index (Phi) is 3.28. The molecule has 0 aromatic heterocycles. The van der Waals surface area contributed by atoms with Crippen LogP contribution >= 0.6 is 0 Å². The molecule has 0 bridgehead atoms. The largest absolute Gasteiger partial charge is 0.370 e. The zero-order chi connectivity index (χ0) is 11.6. The minimum atomic E-state index is -0.233. The van der Waals surface area contributed by atoms with Gasteiger partial charge in [-0.25, -0.2) is 0 Å². The number of likely N-dealkylation sites (N-methyl/N-ethyl adjacent to an activating group) is 1. The molecule has 1 amide bonds. The number of carbonyl (C=O) groups is 1. The van der Waals surface area contributed by atoms with Crippen LogP contribution in [0.5, 0.6) is 0 Å². The van der Waals surface area contributed by atoms with Gasteiger partial charge >= 0.3 is 0 Å². The van der Waals surface area contributed by atoms with E-state index in [1.807, 2.05) is 0 Å². The van der Waals surface area contributed by atoms with E-state index in [0.717, 1.165) is 6.42 Å². The molecule has 0 saturated heterocycles. The van der Waals surface area contributed by atoms with Crippen LogP contribution < -0.4 is 11.5 Å². The molecule has 1 rings (SSSR count). The molecule has 0 radical (unpaired) electrons. The van der Waals surface area contributed by atoms with E-state index in [-0.39, 0.29) is 17.9 Å². The van der Waals surface area contributed by atoms with E-state index >= 15 is 0 Å². The highest BCUT2D eigenvalue weighted by atomic mass is 16.2. The summed E-state index contributed by atoms with van der Waals surface area (Å²) in [4.78, 5) is 20.8. The average molecular weight is 211 g/mol. The van der Waals surface area contributed by atoms with Gasteiger partial charge in [0.25, 0.3) is 5.91 Å². The quantitative estimate of drug-likeness (QED) is 0.475. The van der Waals surface area contributed by atoms with Crippen LogP contribution in [0, 0.1) is 5.92 Å². The minimum absolute atomic E-state index is 0.0846.